The molecule has 2 aromatic carbocycles. The number of ether oxygens (including phenoxy) is 1. The normalized spacial score (nSPS) is 21.1. The highest BCUT2D eigenvalue weighted by atomic mass is 32.2. The van der Waals surface area contributed by atoms with Gasteiger partial charge in [0, 0.05) is 5.69 Å². The van der Waals surface area contributed by atoms with E-state index < -0.39 is 15.8 Å². The van der Waals surface area contributed by atoms with Gasteiger partial charge in [-0.2, -0.15) is 0 Å². The Morgan fingerprint density at radius 1 is 1.21 bits per heavy atom. The van der Waals surface area contributed by atoms with Crippen molar-refractivity contribution in [2.45, 2.75) is 17.8 Å². The number of fused-ring (bicyclic) bond motifs is 2. The number of hydrogen-bond acceptors (Lipinski definition) is 9. The Morgan fingerprint density at radius 3 is 2.76 bits per heavy atom. The zero-order chi connectivity index (χ0) is 23.2. The lowest BCUT2D eigenvalue weighted by Gasteiger charge is -2.26. The van der Waals surface area contributed by atoms with Crippen molar-refractivity contribution in [1.29, 1.82) is 0 Å². The number of benzene rings is 2. The molecule has 1 aromatic heterocycles. The number of aliphatic imine (C=N–C) groups is 1. The SMILES string of the molecule is COC(=O)c1ccc2c(=O)[nH]c(CSC3=N[C@@H]4CS(=O)(=O)C[C@H]4N3c3ccccc3)nc2c1. The van der Waals surface area contributed by atoms with Gasteiger partial charge in [-0.15, -0.1) is 0 Å². The number of aromatic nitrogens is 2. The molecule has 170 valence electrons. The molecule has 1 saturated heterocycles. The number of thioether (sulfide) groups is 1. The van der Waals surface area contributed by atoms with Crippen LogP contribution in [-0.4, -0.2) is 60.2 Å². The smallest absolute Gasteiger partial charge is 0.337 e. The molecule has 11 heteroatoms. The van der Waals surface area contributed by atoms with Gasteiger partial charge in [0.15, 0.2) is 15.0 Å². The molecule has 0 radical (unpaired) electrons. The molecule has 9 nitrogen and oxygen atoms in total. The van der Waals surface area contributed by atoms with Crippen LogP contribution in [0.2, 0.25) is 0 Å². The summed E-state index contributed by atoms with van der Waals surface area (Å²) in [7, 11) is -1.84. The lowest BCUT2D eigenvalue weighted by Crippen LogP contribution is -2.39. The first kappa shape index (κ1) is 21.7. The van der Waals surface area contributed by atoms with Crippen LogP contribution in [0.3, 0.4) is 0 Å². The number of nitrogens with one attached hydrogen (secondary N) is 1. The van der Waals surface area contributed by atoms with Crippen molar-refractivity contribution < 1.29 is 17.9 Å². The van der Waals surface area contributed by atoms with Crippen LogP contribution in [0.4, 0.5) is 5.69 Å². The van der Waals surface area contributed by atoms with Crippen LogP contribution in [0.1, 0.15) is 16.2 Å². The lowest BCUT2D eigenvalue weighted by molar-refractivity contribution is 0.0601. The maximum atomic E-state index is 12.5. The number of hydrogen-bond donors (Lipinski definition) is 1. The van der Waals surface area contributed by atoms with Gasteiger partial charge in [0.05, 0.1) is 52.9 Å². The van der Waals surface area contributed by atoms with Crippen LogP contribution in [0.25, 0.3) is 10.9 Å². The predicted octanol–water partition coefficient (Wildman–Crippen LogP) is 1.98. The highest BCUT2D eigenvalue weighted by molar-refractivity contribution is 8.13. The number of aromatic amines is 1. The van der Waals surface area contributed by atoms with Crippen molar-refractivity contribution in [1.82, 2.24) is 9.97 Å². The van der Waals surface area contributed by atoms with E-state index in [2.05, 4.69) is 9.97 Å². The van der Waals surface area contributed by atoms with Crippen molar-refractivity contribution in [2.24, 2.45) is 4.99 Å². The summed E-state index contributed by atoms with van der Waals surface area (Å²) in [5, 5.41) is 1.07. The summed E-state index contributed by atoms with van der Waals surface area (Å²) in [6.07, 6.45) is 0. The highest BCUT2D eigenvalue weighted by Gasteiger charge is 2.47. The zero-order valence-electron chi connectivity index (χ0n) is 17.6. The van der Waals surface area contributed by atoms with Crippen molar-refractivity contribution in [3.63, 3.8) is 0 Å². The number of carbonyl (C=O) groups is 1. The quantitative estimate of drug-likeness (QED) is 0.558. The molecule has 5 rings (SSSR count). The minimum atomic E-state index is -3.14. The van der Waals surface area contributed by atoms with Gasteiger partial charge in [0.2, 0.25) is 0 Å². The summed E-state index contributed by atoms with van der Waals surface area (Å²) >= 11 is 1.39. The van der Waals surface area contributed by atoms with Crippen molar-refractivity contribution in [2.75, 3.05) is 23.5 Å². The van der Waals surface area contributed by atoms with E-state index in [4.69, 9.17) is 9.73 Å². The van der Waals surface area contributed by atoms with Gasteiger partial charge >= 0.3 is 5.97 Å². The Bertz CT molecular complexity index is 1440. The predicted molar refractivity (Wildman–Crippen MR) is 128 cm³/mol. The van der Waals surface area contributed by atoms with E-state index in [9.17, 15) is 18.0 Å². The molecule has 1 N–H and O–H groups in total. The average molecular weight is 485 g/mol. The largest absolute Gasteiger partial charge is 0.465 e. The summed E-state index contributed by atoms with van der Waals surface area (Å²) in [6, 6.07) is 13.6. The maximum Gasteiger partial charge on any atom is 0.337 e. The van der Waals surface area contributed by atoms with E-state index in [0.717, 1.165) is 5.69 Å². The Morgan fingerprint density at radius 2 is 2.00 bits per heavy atom. The number of nitrogens with zero attached hydrogens (tertiary/aromatic N) is 3. The molecule has 0 bridgehead atoms. The van der Waals surface area contributed by atoms with Gasteiger partial charge in [-0.25, -0.2) is 18.2 Å². The molecule has 0 saturated carbocycles. The molecule has 3 aromatic rings. The Hall–Kier alpha value is -3.18. The topological polar surface area (TPSA) is 122 Å². The van der Waals surface area contributed by atoms with Crippen LogP contribution < -0.4 is 10.5 Å². The van der Waals surface area contributed by atoms with Gasteiger partial charge in [0.25, 0.3) is 5.56 Å². The summed E-state index contributed by atoms with van der Waals surface area (Å²) in [6.45, 7) is 0. The van der Waals surface area contributed by atoms with Gasteiger partial charge in [-0.05, 0) is 30.3 Å². The van der Waals surface area contributed by atoms with Gasteiger partial charge in [0.1, 0.15) is 5.82 Å². The second kappa shape index (κ2) is 8.31. The summed E-state index contributed by atoms with van der Waals surface area (Å²) < 4.78 is 29.1. The van der Waals surface area contributed by atoms with Gasteiger partial charge < -0.3 is 14.6 Å². The number of carbonyl (C=O) groups excluding carboxylic acids is 1. The molecule has 0 amide bonds. The minimum Gasteiger partial charge on any atom is -0.465 e. The molecule has 2 aliphatic heterocycles. The van der Waals surface area contributed by atoms with Gasteiger partial charge in [-0.1, -0.05) is 30.0 Å². The first-order valence-corrected chi connectivity index (χ1v) is 13.0. The van der Waals surface area contributed by atoms with Crippen LogP contribution in [0.15, 0.2) is 58.3 Å². The maximum absolute atomic E-state index is 12.5. The number of para-hydroxylation sites is 1. The molecular weight excluding hydrogens is 464 g/mol. The molecule has 0 spiro atoms. The Kier molecular flexibility index (Phi) is 5.45. The number of methoxy groups -OCH3 is 1. The third-order valence-electron chi connectivity index (χ3n) is 5.66. The van der Waals surface area contributed by atoms with Crippen LogP contribution in [0.5, 0.6) is 0 Å². The van der Waals surface area contributed by atoms with Gasteiger partial charge in [-0.3, -0.25) is 9.79 Å². The number of amidine groups is 1. The molecule has 3 heterocycles. The third-order valence-corrected chi connectivity index (χ3v) is 8.33. The highest BCUT2D eigenvalue weighted by Crippen LogP contribution is 2.35. The Balaban J connectivity index is 1.44. The molecule has 33 heavy (non-hydrogen) atoms. The number of esters is 1. The number of sulfone groups is 1. The van der Waals surface area contributed by atoms with Crippen LogP contribution in [0, 0.1) is 0 Å². The first-order chi connectivity index (χ1) is 15.8. The van der Waals surface area contributed by atoms with E-state index in [1.807, 2.05) is 35.2 Å². The number of rotatable bonds is 4. The fourth-order valence-electron chi connectivity index (χ4n) is 4.16. The second-order valence-electron chi connectivity index (χ2n) is 7.85. The Labute approximate surface area is 193 Å². The number of H-pyrrole nitrogens is 1. The van der Waals surface area contributed by atoms with E-state index in [-0.39, 0.29) is 29.1 Å². The third kappa shape index (κ3) is 4.13. The summed E-state index contributed by atoms with van der Waals surface area (Å²) in [5.74, 6) is 0.339. The van der Waals surface area contributed by atoms with E-state index in [1.165, 1.54) is 31.0 Å². The zero-order valence-corrected chi connectivity index (χ0v) is 19.2. The van der Waals surface area contributed by atoms with E-state index in [1.54, 1.807) is 6.07 Å². The van der Waals surface area contributed by atoms with Crippen molar-refractivity contribution in [3.8, 4) is 0 Å². The fraction of sp³-hybridized carbons (Fsp3) is 0.273. The summed E-state index contributed by atoms with van der Waals surface area (Å²) in [5.41, 5.74) is 1.28. The monoisotopic (exact) mass is 484 g/mol. The molecule has 2 aliphatic rings. The molecular formula is C22H20N4O5S2. The van der Waals surface area contributed by atoms with Crippen molar-refractivity contribution in [3.05, 3.63) is 70.3 Å². The lowest BCUT2D eigenvalue weighted by atomic mass is 10.1. The number of anilines is 1. The molecule has 0 aliphatic carbocycles. The van der Waals surface area contributed by atoms with E-state index >= 15 is 0 Å². The standard InChI is InChI=1S/C22H20N4O5S2/c1-31-21(28)13-7-8-15-16(9-13)23-19(25-20(15)27)10-32-22-24-17-11-33(29,30)12-18(17)26(22)14-5-3-2-4-6-14/h2-9,17-18H,10-12H2,1H3,(H,23,25,27)/t17-,18-/m1/s1. The fourth-order valence-corrected chi connectivity index (χ4v) is 6.99. The minimum absolute atomic E-state index is 0.0341. The van der Waals surface area contributed by atoms with Crippen LogP contribution >= 0.6 is 11.8 Å². The van der Waals surface area contributed by atoms with E-state index in [0.29, 0.717) is 33.2 Å². The summed E-state index contributed by atoms with van der Waals surface area (Å²) in [4.78, 5) is 38.3. The molecule has 1 fully saturated rings. The molecule has 2 atom stereocenters. The van der Waals surface area contributed by atoms with Crippen molar-refractivity contribution >= 4 is 49.3 Å². The first-order valence-electron chi connectivity index (χ1n) is 10.2. The van der Waals surface area contributed by atoms with Crippen LogP contribution in [-0.2, 0) is 20.3 Å². The molecule has 0 unspecified atom stereocenters. The average Bonchev–Trinajstić information content (AvgIpc) is 3.28. The second-order valence-corrected chi connectivity index (χ2v) is 10.9.